The van der Waals surface area contributed by atoms with Crippen LogP contribution in [0.5, 0.6) is 5.75 Å². The minimum Gasteiger partial charge on any atom is -0.482 e. The highest BCUT2D eigenvalue weighted by molar-refractivity contribution is 6.12. The highest BCUT2D eigenvalue weighted by Crippen LogP contribution is 2.37. The zero-order valence-electron chi connectivity index (χ0n) is 18.3. The Balaban J connectivity index is 1.82. The third-order valence-corrected chi connectivity index (χ3v) is 5.69. The summed E-state index contributed by atoms with van der Waals surface area (Å²) in [6.07, 6.45) is 3.00. The minimum absolute atomic E-state index is 0.0959. The molecule has 1 N–H and O–H groups in total. The standard InChI is InChI=1S/C27H26O5/c1-3-5-9-22(28)26-21-8-6-7-10-24(21)32-27(26)18-11-13-20-17(15-18)12-14-23(19(20)4-2)31-16-25(29)30/h6-8,10-15H,3-5,9,16H2,1-2H3,(H,29,30). The fraction of sp³-hybridized carbons (Fsp3) is 0.259. The number of aryl methyl sites for hydroxylation is 1. The Labute approximate surface area is 186 Å². The van der Waals surface area contributed by atoms with Crippen molar-refractivity contribution in [2.24, 2.45) is 0 Å². The van der Waals surface area contributed by atoms with E-state index in [1.807, 2.05) is 55.5 Å². The molecule has 4 aromatic rings. The largest absolute Gasteiger partial charge is 0.482 e. The molecule has 164 valence electrons. The Morgan fingerprint density at radius 2 is 1.81 bits per heavy atom. The van der Waals surface area contributed by atoms with Crippen molar-refractivity contribution in [3.8, 4) is 17.1 Å². The zero-order valence-corrected chi connectivity index (χ0v) is 18.3. The fourth-order valence-electron chi connectivity index (χ4n) is 4.14. The van der Waals surface area contributed by atoms with Crippen molar-refractivity contribution in [1.29, 1.82) is 0 Å². The monoisotopic (exact) mass is 430 g/mol. The maximum absolute atomic E-state index is 13.1. The molecule has 0 saturated carbocycles. The SMILES string of the molecule is CCCCC(=O)c1c(-c2ccc3c(CC)c(OCC(=O)O)ccc3c2)oc2ccccc12. The van der Waals surface area contributed by atoms with E-state index in [-0.39, 0.29) is 12.4 Å². The molecule has 0 saturated heterocycles. The second kappa shape index (κ2) is 9.27. The number of hydrogen-bond donors (Lipinski definition) is 1. The summed E-state index contributed by atoms with van der Waals surface area (Å²) in [7, 11) is 0. The smallest absolute Gasteiger partial charge is 0.341 e. The van der Waals surface area contributed by atoms with Crippen LogP contribution in [-0.4, -0.2) is 23.5 Å². The molecule has 32 heavy (non-hydrogen) atoms. The first-order valence-electron chi connectivity index (χ1n) is 11.0. The van der Waals surface area contributed by atoms with E-state index < -0.39 is 5.97 Å². The van der Waals surface area contributed by atoms with E-state index in [2.05, 4.69) is 6.92 Å². The molecule has 0 aliphatic carbocycles. The molecule has 5 heteroatoms. The Morgan fingerprint density at radius 3 is 2.56 bits per heavy atom. The predicted molar refractivity (Wildman–Crippen MR) is 126 cm³/mol. The van der Waals surface area contributed by atoms with Gasteiger partial charge in [0, 0.05) is 22.9 Å². The van der Waals surface area contributed by atoms with Crippen molar-refractivity contribution in [1.82, 2.24) is 0 Å². The van der Waals surface area contributed by atoms with Gasteiger partial charge >= 0.3 is 5.97 Å². The number of ether oxygens (including phenoxy) is 1. The number of hydrogen-bond acceptors (Lipinski definition) is 4. The molecule has 3 aromatic carbocycles. The summed E-state index contributed by atoms with van der Waals surface area (Å²) in [6.45, 7) is 3.71. The molecule has 4 rings (SSSR count). The van der Waals surface area contributed by atoms with Gasteiger partial charge in [-0.25, -0.2) is 4.79 Å². The lowest BCUT2D eigenvalue weighted by molar-refractivity contribution is -0.139. The number of carbonyl (C=O) groups excluding carboxylic acids is 1. The number of benzene rings is 3. The van der Waals surface area contributed by atoms with Crippen LogP contribution in [0.2, 0.25) is 0 Å². The number of unbranched alkanes of at least 4 members (excludes halogenated alkanes) is 1. The first kappa shape index (κ1) is 21.6. The Bertz CT molecular complexity index is 1300. The average Bonchev–Trinajstić information content (AvgIpc) is 3.20. The lowest BCUT2D eigenvalue weighted by Gasteiger charge is -2.13. The van der Waals surface area contributed by atoms with E-state index >= 15 is 0 Å². The topological polar surface area (TPSA) is 76.7 Å². The Hall–Kier alpha value is -3.60. The molecule has 0 fully saturated rings. The zero-order chi connectivity index (χ0) is 22.7. The van der Waals surface area contributed by atoms with E-state index in [0.29, 0.717) is 35.5 Å². The number of ketones is 1. The second-order valence-corrected chi connectivity index (χ2v) is 7.84. The number of carbonyl (C=O) groups is 2. The Morgan fingerprint density at radius 1 is 1.00 bits per heavy atom. The number of rotatable bonds is 9. The van der Waals surface area contributed by atoms with Gasteiger partial charge in [-0.2, -0.15) is 0 Å². The molecule has 1 heterocycles. The van der Waals surface area contributed by atoms with Gasteiger partial charge in [-0.1, -0.05) is 56.7 Å². The van der Waals surface area contributed by atoms with Crippen molar-refractivity contribution in [2.45, 2.75) is 39.5 Å². The molecule has 0 amide bonds. The predicted octanol–water partition coefficient (Wildman–Crippen LogP) is 6.65. The van der Waals surface area contributed by atoms with Gasteiger partial charge in [0.15, 0.2) is 12.4 Å². The summed E-state index contributed by atoms with van der Waals surface area (Å²) >= 11 is 0. The molecule has 1 aromatic heterocycles. The minimum atomic E-state index is -1.01. The molecule has 0 radical (unpaired) electrons. The van der Waals surface area contributed by atoms with Crippen LogP contribution in [0.15, 0.2) is 59.0 Å². The van der Waals surface area contributed by atoms with Gasteiger partial charge in [0.25, 0.3) is 0 Å². The number of aliphatic carboxylic acids is 1. The quantitative estimate of drug-likeness (QED) is 0.301. The molecule has 0 unspecified atom stereocenters. The molecule has 0 spiro atoms. The normalized spacial score (nSPS) is 11.2. The maximum atomic E-state index is 13.1. The van der Waals surface area contributed by atoms with Gasteiger partial charge in [-0.05, 0) is 41.8 Å². The van der Waals surface area contributed by atoms with Gasteiger partial charge in [-0.15, -0.1) is 0 Å². The van der Waals surface area contributed by atoms with E-state index in [4.69, 9.17) is 14.3 Å². The lowest BCUT2D eigenvalue weighted by Crippen LogP contribution is -2.10. The summed E-state index contributed by atoms with van der Waals surface area (Å²) in [6, 6.07) is 17.3. The number of para-hydroxylation sites is 1. The van der Waals surface area contributed by atoms with Gasteiger partial charge in [0.1, 0.15) is 17.1 Å². The first-order valence-corrected chi connectivity index (χ1v) is 11.0. The van der Waals surface area contributed by atoms with E-state index in [1.54, 1.807) is 6.07 Å². The highest BCUT2D eigenvalue weighted by Gasteiger charge is 2.22. The molecule has 0 aliphatic heterocycles. The summed E-state index contributed by atoms with van der Waals surface area (Å²) in [4.78, 5) is 24.0. The van der Waals surface area contributed by atoms with Crippen LogP contribution in [0.1, 0.15) is 49.0 Å². The van der Waals surface area contributed by atoms with Crippen LogP contribution in [-0.2, 0) is 11.2 Å². The van der Waals surface area contributed by atoms with Gasteiger partial charge in [0.2, 0.25) is 0 Å². The molecule has 0 bridgehead atoms. The van der Waals surface area contributed by atoms with Crippen molar-refractivity contribution in [2.75, 3.05) is 6.61 Å². The fourth-order valence-corrected chi connectivity index (χ4v) is 4.14. The average molecular weight is 431 g/mol. The van der Waals surface area contributed by atoms with E-state index in [0.717, 1.165) is 40.1 Å². The van der Waals surface area contributed by atoms with Crippen LogP contribution in [0, 0.1) is 0 Å². The molecule has 0 aliphatic rings. The molecule has 5 nitrogen and oxygen atoms in total. The summed E-state index contributed by atoms with van der Waals surface area (Å²) in [5.41, 5.74) is 3.15. The van der Waals surface area contributed by atoms with Crippen LogP contribution < -0.4 is 4.74 Å². The van der Waals surface area contributed by atoms with Crippen LogP contribution in [0.4, 0.5) is 0 Å². The van der Waals surface area contributed by atoms with E-state index in [9.17, 15) is 9.59 Å². The first-order chi connectivity index (χ1) is 15.5. The van der Waals surface area contributed by atoms with Crippen molar-refractivity contribution >= 4 is 33.5 Å². The number of carboxylic acid groups (broad SMARTS) is 1. The maximum Gasteiger partial charge on any atom is 0.341 e. The van der Waals surface area contributed by atoms with Crippen LogP contribution in [0.25, 0.3) is 33.1 Å². The Kier molecular flexibility index (Phi) is 6.26. The van der Waals surface area contributed by atoms with Crippen molar-refractivity contribution in [3.63, 3.8) is 0 Å². The lowest BCUT2D eigenvalue weighted by atomic mass is 9.95. The van der Waals surface area contributed by atoms with Gasteiger partial charge in [-0.3, -0.25) is 4.79 Å². The summed E-state index contributed by atoms with van der Waals surface area (Å²) < 4.78 is 11.6. The van der Waals surface area contributed by atoms with Crippen molar-refractivity contribution < 1.29 is 23.8 Å². The van der Waals surface area contributed by atoms with Gasteiger partial charge < -0.3 is 14.3 Å². The second-order valence-electron chi connectivity index (χ2n) is 7.84. The van der Waals surface area contributed by atoms with Gasteiger partial charge in [0.05, 0.1) is 5.56 Å². The highest BCUT2D eigenvalue weighted by atomic mass is 16.5. The molecule has 0 atom stereocenters. The number of carboxylic acids is 1. The molecular formula is C27H26O5. The number of fused-ring (bicyclic) bond motifs is 2. The van der Waals surface area contributed by atoms with Crippen LogP contribution in [0.3, 0.4) is 0 Å². The number of Topliss-reactive ketones (excluding diaryl/α,β-unsaturated/α-hetero) is 1. The van der Waals surface area contributed by atoms with Crippen LogP contribution >= 0.6 is 0 Å². The summed E-state index contributed by atoms with van der Waals surface area (Å²) in [5.74, 6) is 0.263. The molecular weight excluding hydrogens is 404 g/mol. The number of furan rings is 1. The third kappa shape index (κ3) is 4.11. The third-order valence-electron chi connectivity index (χ3n) is 5.69. The van der Waals surface area contributed by atoms with E-state index in [1.165, 1.54) is 0 Å². The summed E-state index contributed by atoms with van der Waals surface area (Å²) in [5, 5.41) is 11.8. The van der Waals surface area contributed by atoms with Crippen molar-refractivity contribution in [3.05, 3.63) is 65.7 Å².